The zero-order chi connectivity index (χ0) is 13.8. The Morgan fingerprint density at radius 1 is 1.42 bits per heavy atom. The normalized spacial score (nSPS) is 12.3. The van der Waals surface area contributed by atoms with Crippen molar-refractivity contribution in [1.29, 1.82) is 0 Å². The Labute approximate surface area is 123 Å². The van der Waals surface area contributed by atoms with Gasteiger partial charge in [0, 0.05) is 28.5 Å². The van der Waals surface area contributed by atoms with Gasteiger partial charge in [-0.15, -0.1) is 0 Å². The Kier molecular flexibility index (Phi) is 4.68. The van der Waals surface area contributed by atoms with Crippen LogP contribution in [0.2, 0.25) is 0 Å². The van der Waals surface area contributed by atoms with Crippen LogP contribution in [-0.2, 0) is 6.54 Å². The number of nitro groups is 1. The van der Waals surface area contributed by atoms with Gasteiger partial charge in [0.05, 0.1) is 4.92 Å². The van der Waals surface area contributed by atoms with Gasteiger partial charge in [-0.25, -0.2) is 0 Å². The Hall–Kier alpha value is -1.24. The van der Waals surface area contributed by atoms with Gasteiger partial charge in [0.15, 0.2) is 0 Å². The van der Waals surface area contributed by atoms with Crippen LogP contribution in [-0.4, -0.2) is 4.92 Å². The van der Waals surface area contributed by atoms with Crippen molar-refractivity contribution in [3.63, 3.8) is 0 Å². The summed E-state index contributed by atoms with van der Waals surface area (Å²) in [6.07, 6.45) is 0. The van der Waals surface area contributed by atoms with E-state index in [-0.39, 0.29) is 16.0 Å². The second kappa shape index (κ2) is 6.27. The van der Waals surface area contributed by atoms with Crippen molar-refractivity contribution >= 4 is 32.3 Å². The van der Waals surface area contributed by atoms with E-state index in [1.807, 2.05) is 17.5 Å². The van der Waals surface area contributed by atoms with Crippen molar-refractivity contribution in [3.05, 3.63) is 61.4 Å². The molecule has 0 saturated heterocycles. The van der Waals surface area contributed by atoms with Crippen LogP contribution in [0.3, 0.4) is 0 Å². The quantitative estimate of drug-likeness (QED) is 0.653. The molecule has 0 bridgehead atoms. The molecule has 0 amide bonds. The van der Waals surface area contributed by atoms with E-state index in [1.165, 1.54) is 5.56 Å². The van der Waals surface area contributed by atoms with E-state index in [4.69, 9.17) is 0 Å². The van der Waals surface area contributed by atoms with Gasteiger partial charge in [0.2, 0.25) is 0 Å². The maximum absolute atomic E-state index is 10.6. The minimum atomic E-state index is -0.355. The van der Waals surface area contributed by atoms with Crippen molar-refractivity contribution in [1.82, 2.24) is 5.32 Å². The average molecular weight is 341 g/mol. The molecule has 1 N–H and O–H groups in total. The molecular formula is C13H13BrN2O2S. The molecule has 2 rings (SSSR count). The number of benzene rings is 1. The highest BCUT2D eigenvalue weighted by atomic mass is 79.9. The smallest absolute Gasteiger partial charge is 0.306 e. The zero-order valence-electron chi connectivity index (χ0n) is 10.3. The van der Waals surface area contributed by atoms with E-state index in [2.05, 4.69) is 40.3 Å². The molecule has 1 atom stereocenters. The first-order valence-electron chi connectivity index (χ1n) is 5.77. The third kappa shape index (κ3) is 3.86. The van der Waals surface area contributed by atoms with E-state index >= 15 is 0 Å². The molecule has 6 heteroatoms. The van der Waals surface area contributed by atoms with Crippen LogP contribution in [0.4, 0.5) is 5.00 Å². The first-order valence-corrected chi connectivity index (χ1v) is 7.44. The van der Waals surface area contributed by atoms with Crippen molar-refractivity contribution in [2.75, 3.05) is 0 Å². The molecule has 0 saturated carbocycles. The fourth-order valence-electron chi connectivity index (χ4n) is 1.69. The van der Waals surface area contributed by atoms with Crippen LogP contribution in [0.25, 0.3) is 0 Å². The third-order valence-electron chi connectivity index (χ3n) is 2.80. The van der Waals surface area contributed by atoms with Crippen molar-refractivity contribution in [3.8, 4) is 0 Å². The first kappa shape index (κ1) is 14.2. The molecule has 1 heterocycles. The Morgan fingerprint density at radius 2 is 2.11 bits per heavy atom. The SMILES string of the molecule is CC(NCc1csc([N+](=O)[O-])c1)c1ccc(Br)cc1. The van der Waals surface area contributed by atoms with E-state index in [1.54, 1.807) is 6.07 Å². The number of nitrogens with one attached hydrogen (secondary N) is 1. The number of rotatable bonds is 5. The lowest BCUT2D eigenvalue weighted by Gasteiger charge is -2.13. The Balaban J connectivity index is 1.94. The lowest BCUT2D eigenvalue weighted by atomic mass is 10.1. The number of nitrogens with zero attached hydrogens (tertiary/aromatic N) is 1. The molecule has 0 fully saturated rings. The van der Waals surface area contributed by atoms with Crippen LogP contribution in [0.1, 0.15) is 24.1 Å². The Morgan fingerprint density at radius 3 is 2.68 bits per heavy atom. The highest BCUT2D eigenvalue weighted by Crippen LogP contribution is 2.23. The predicted octanol–water partition coefficient (Wildman–Crippen LogP) is 4.27. The molecule has 4 nitrogen and oxygen atoms in total. The summed E-state index contributed by atoms with van der Waals surface area (Å²) in [6.45, 7) is 2.70. The number of thiophene rings is 1. The lowest BCUT2D eigenvalue weighted by molar-refractivity contribution is -0.380. The molecule has 19 heavy (non-hydrogen) atoms. The van der Waals surface area contributed by atoms with Crippen LogP contribution in [0.5, 0.6) is 0 Å². The standard InChI is InChI=1S/C13H13BrN2O2S/c1-9(11-2-4-12(14)5-3-11)15-7-10-6-13(16(17)18)19-8-10/h2-6,8-9,15H,7H2,1H3. The average Bonchev–Trinajstić information content (AvgIpc) is 2.86. The molecule has 0 aliphatic carbocycles. The summed E-state index contributed by atoms with van der Waals surface area (Å²) in [5, 5.41) is 16.0. The van der Waals surface area contributed by atoms with Crippen LogP contribution >= 0.6 is 27.3 Å². The van der Waals surface area contributed by atoms with Crippen molar-refractivity contribution in [2.45, 2.75) is 19.5 Å². The second-order valence-corrected chi connectivity index (χ2v) is 6.01. The minimum absolute atomic E-state index is 0.188. The van der Waals surface area contributed by atoms with Gasteiger partial charge in [-0.2, -0.15) is 0 Å². The molecule has 0 aliphatic rings. The minimum Gasteiger partial charge on any atom is -0.306 e. The summed E-state index contributed by atoms with van der Waals surface area (Å²) in [4.78, 5) is 10.2. The molecule has 0 radical (unpaired) electrons. The van der Waals surface area contributed by atoms with Gasteiger partial charge >= 0.3 is 5.00 Å². The zero-order valence-corrected chi connectivity index (χ0v) is 12.7. The summed E-state index contributed by atoms with van der Waals surface area (Å²) in [6, 6.07) is 9.93. The molecule has 1 aromatic heterocycles. The Bertz CT molecular complexity index is 568. The summed E-state index contributed by atoms with van der Waals surface area (Å²) < 4.78 is 1.05. The van der Waals surface area contributed by atoms with E-state index < -0.39 is 0 Å². The molecule has 100 valence electrons. The summed E-state index contributed by atoms with van der Waals surface area (Å²) >= 11 is 4.57. The number of halogens is 1. The molecule has 1 aromatic carbocycles. The topological polar surface area (TPSA) is 55.2 Å². The molecule has 2 aromatic rings. The number of hydrogen-bond acceptors (Lipinski definition) is 4. The van der Waals surface area contributed by atoms with E-state index in [0.717, 1.165) is 21.4 Å². The van der Waals surface area contributed by atoms with Gasteiger partial charge in [-0.05, 0) is 30.2 Å². The number of hydrogen-bond donors (Lipinski definition) is 1. The van der Waals surface area contributed by atoms with Gasteiger partial charge in [0.1, 0.15) is 0 Å². The lowest BCUT2D eigenvalue weighted by Crippen LogP contribution is -2.17. The van der Waals surface area contributed by atoms with Gasteiger partial charge in [-0.1, -0.05) is 39.4 Å². The molecule has 0 aliphatic heterocycles. The van der Waals surface area contributed by atoms with Crippen LogP contribution in [0.15, 0.2) is 40.2 Å². The van der Waals surface area contributed by atoms with Gasteiger partial charge in [-0.3, -0.25) is 10.1 Å². The highest BCUT2D eigenvalue weighted by molar-refractivity contribution is 9.10. The van der Waals surface area contributed by atoms with Crippen LogP contribution < -0.4 is 5.32 Å². The fraction of sp³-hybridized carbons (Fsp3) is 0.231. The highest BCUT2D eigenvalue weighted by Gasteiger charge is 2.10. The first-order chi connectivity index (χ1) is 9.06. The maximum atomic E-state index is 10.6. The van der Waals surface area contributed by atoms with Crippen molar-refractivity contribution < 1.29 is 4.92 Å². The largest absolute Gasteiger partial charge is 0.324 e. The van der Waals surface area contributed by atoms with Gasteiger partial charge < -0.3 is 5.32 Å². The summed E-state index contributed by atoms with van der Waals surface area (Å²) in [5.74, 6) is 0. The van der Waals surface area contributed by atoms with E-state index in [9.17, 15) is 10.1 Å². The summed E-state index contributed by atoms with van der Waals surface area (Å²) in [7, 11) is 0. The molecule has 0 spiro atoms. The second-order valence-electron chi connectivity index (χ2n) is 4.20. The predicted molar refractivity (Wildman–Crippen MR) is 80.4 cm³/mol. The summed E-state index contributed by atoms with van der Waals surface area (Å²) in [5.41, 5.74) is 2.13. The fourth-order valence-corrected chi connectivity index (χ4v) is 2.68. The monoisotopic (exact) mass is 340 g/mol. The molecule has 1 unspecified atom stereocenters. The van der Waals surface area contributed by atoms with E-state index in [0.29, 0.717) is 6.54 Å². The van der Waals surface area contributed by atoms with Gasteiger partial charge in [0.25, 0.3) is 0 Å². The third-order valence-corrected chi connectivity index (χ3v) is 4.26. The van der Waals surface area contributed by atoms with Crippen LogP contribution in [0, 0.1) is 10.1 Å². The molecular weight excluding hydrogens is 328 g/mol. The van der Waals surface area contributed by atoms with Crippen molar-refractivity contribution in [2.24, 2.45) is 0 Å². The maximum Gasteiger partial charge on any atom is 0.324 e.